The molecule has 0 fully saturated rings. The minimum Gasteiger partial charge on any atom is -0.383 e. The summed E-state index contributed by atoms with van der Waals surface area (Å²) in [5.41, 5.74) is 9.74. The number of thiocarbonyl (C=S) groups is 2. The standard InChI is InChI=1S/C3H5N3O2S2/c4-1(9)6-3(7)8-2(5)10/h(H2,5,10)(H3,4,6,7,9). The smallest absolute Gasteiger partial charge is 0.383 e. The fourth-order valence-corrected chi connectivity index (χ4v) is 0.376. The molecule has 0 heterocycles. The second kappa shape index (κ2) is 3.96. The summed E-state index contributed by atoms with van der Waals surface area (Å²) in [7, 11) is 0. The number of rotatable bonds is 0. The Morgan fingerprint density at radius 3 is 2.20 bits per heavy atom. The summed E-state index contributed by atoms with van der Waals surface area (Å²) in [5, 5.41) is 1.38. The summed E-state index contributed by atoms with van der Waals surface area (Å²) in [6.07, 6.45) is -0.875. The highest BCUT2D eigenvalue weighted by molar-refractivity contribution is 7.80. The maximum Gasteiger partial charge on any atom is 0.420 e. The molecule has 0 aliphatic heterocycles. The van der Waals surface area contributed by atoms with Gasteiger partial charge in [-0.15, -0.1) is 0 Å². The Kier molecular flexibility index (Phi) is 3.59. The number of nitrogens with two attached hydrogens (primary N) is 2. The summed E-state index contributed by atoms with van der Waals surface area (Å²) >= 11 is 8.54. The molecule has 0 bridgehead atoms. The van der Waals surface area contributed by atoms with Gasteiger partial charge in [-0.05, 0) is 24.4 Å². The van der Waals surface area contributed by atoms with Crippen molar-refractivity contribution in [3.8, 4) is 0 Å². The molecule has 0 spiro atoms. The fourth-order valence-electron chi connectivity index (χ4n) is 0.217. The first-order chi connectivity index (χ1) is 4.52. The van der Waals surface area contributed by atoms with Gasteiger partial charge in [0.2, 0.25) is 0 Å². The van der Waals surface area contributed by atoms with Gasteiger partial charge < -0.3 is 16.2 Å². The molecule has 0 unspecified atom stereocenters. The second-order valence-electron chi connectivity index (χ2n) is 1.20. The van der Waals surface area contributed by atoms with Gasteiger partial charge in [0.1, 0.15) is 0 Å². The molecule has 5 N–H and O–H groups in total. The molecule has 0 aromatic carbocycles. The van der Waals surface area contributed by atoms with Crippen LogP contribution in [0.25, 0.3) is 0 Å². The van der Waals surface area contributed by atoms with Gasteiger partial charge in [0.15, 0.2) is 5.11 Å². The first kappa shape index (κ1) is 9.05. The first-order valence-electron chi connectivity index (χ1n) is 2.10. The second-order valence-corrected chi connectivity index (χ2v) is 2.04. The highest BCUT2D eigenvalue weighted by atomic mass is 32.1. The minimum absolute atomic E-state index is 0.193. The van der Waals surface area contributed by atoms with Crippen LogP contribution in [0.15, 0.2) is 0 Å². The molecule has 0 aromatic rings. The van der Waals surface area contributed by atoms with Gasteiger partial charge in [-0.25, -0.2) is 4.79 Å². The Labute approximate surface area is 67.7 Å². The van der Waals surface area contributed by atoms with Crippen LogP contribution in [0.3, 0.4) is 0 Å². The molecule has 0 saturated heterocycles. The number of hydrogen-bond acceptors (Lipinski definition) is 4. The van der Waals surface area contributed by atoms with Gasteiger partial charge in [0.25, 0.3) is 5.17 Å². The normalized spacial score (nSPS) is 8.00. The summed E-state index contributed by atoms with van der Waals surface area (Å²) in [6.45, 7) is 0. The zero-order valence-electron chi connectivity index (χ0n) is 4.79. The molecule has 0 aliphatic carbocycles. The molecule has 10 heavy (non-hydrogen) atoms. The molecule has 0 rings (SSSR count). The Balaban J connectivity index is 3.65. The molecular weight excluding hydrogens is 174 g/mol. The van der Waals surface area contributed by atoms with Gasteiger partial charge in [-0.1, -0.05) is 0 Å². The average Bonchev–Trinajstić information content (AvgIpc) is 1.58. The van der Waals surface area contributed by atoms with Crippen LogP contribution >= 0.6 is 24.4 Å². The van der Waals surface area contributed by atoms with Crippen LogP contribution in [0, 0.1) is 0 Å². The molecule has 0 radical (unpaired) electrons. The number of hydrogen-bond donors (Lipinski definition) is 3. The lowest BCUT2D eigenvalue weighted by atomic mass is 11.0. The summed E-state index contributed by atoms with van der Waals surface area (Å²) in [4.78, 5) is 10.4. The highest BCUT2D eigenvalue weighted by Gasteiger charge is 2.02. The molecular formula is C3H5N3O2S2. The maximum absolute atomic E-state index is 10.4. The highest BCUT2D eigenvalue weighted by Crippen LogP contribution is 1.75. The largest absolute Gasteiger partial charge is 0.420 e. The average molecular weight is 179 g/mol. The van der Waals surface area contributed by atoms with Crippen molar-refractivity contribution < 1.29 is 9.53 Å². The third kappa shape index (κ3) is 5.19. The van der Waals surface area contributed by atoms with Crippen LogP contribution in [0.4, 0.5) is 4.79 Å². The third-order valence-corrected chi connectivity index (χ3v) is 0.604. The van der Waals surface area contributed by atoms with E-state index < -0.39 is 6.09 Å². The predicted octanol–water partition coefficient (Wildman–Crippen LogP) is -0.800. The summed E-state index contributed by atoms with van der Waals surface area (Å²) < 4.78 is 4.15. The topological polar surface area (TPSA) is 90.4 Å². The quantitative estimate of drug-likeness (QED) is 0.422. The van der Waals surface area contributed by atoms with Gasteiger partial charge >= 0.3 is 6.09 Å². The van der Waals surface area contributed by atoms with E-state index in [4.69, 9.17) is 11.5 Å². The van der Waals surface area contributed by atoms with Crippen LogP contribution in [0.2, 0.25) is 0 Å². The SMILES string of the molecule is NC(=S)NC(=O)OC(N)=S. The van der Waals surface area contributed by atoms with Crippen LogP contribution in [0.5, 0.6) is 0 Å². The summed E-state index contributed by atoms with van der Waals surface area (Å²) in [5.74, 6) is 0. The number of alkyl carbamates (subject to hydrolysis) is 1. The number of ether oxygens (including phenoxy) is 1. The molecule has 7 heteroatoms. The van der Waals surface area contributed by atoms with Crippen LogP contribution in [0.1, 0.15) is 0 Å². The monoisotopic (exact) mass is 179 g/mol. The lowest BCUT2D eigenvalue weighted by Crippen LogP contribution is -2.37. The lowest BCUT2D eigenvalue weighted by molar-refractivity contribution is 0.204. The van der Waals surface area contributed by atoms with Crippen LogP contribution in [-0.2, 0) is 4.74 Å². The Morgan fingerprint density at radius 2 is 1.90 bits per heavy atom. The molecule has 56 valence electrons. The van der Waals surface area contributed by atoms with E-state index in [-0.39, 0.29) is 10.3 Å². The zero-order valence-corrected chi connectivity index (χ0v) is 6.42. The van der Waals surface area contributed by atoms with E-state index >= 15 is 0 Å². The van der Waals surface area contributed by atoms with E-state index in [1.165, 1.54) is 0 Å². The van der Waals surface area contributed by atoms with Crippen molar-refractivity contribution in [2.24, 2.45) is 11.5 Å². The van der Waals surface area contributed by atoms with Crippen molar-refractivity contribution in [3.05, 3.63) is 0 Å². The molecule has 1 amide bonds. The van der Waals surface area contributed by atoms with Crippen molar-refractivity contribution in [2.45, 2.75) is 0 Å². The number of amides is 1. The van der Waals surface area contributed by atoms with E-state index in [1.807, 2.05) is 5.32 Å². The molecule has 0 saturated carbocycles. The van der Waals surface area contributed by atoms with Crippen LogP contribution in [-0.4, -0.2) is 16.4 Å². The van der Waals surface area contributed by atoms with Gasteiger partial charge in [0.05, 0.1) is 0 Å². The third-order valence-electron chi connectivity index (χ3n) is 0.419. The van der Waals surface area contributed by atoms with Gasteiger partial charge in [-0.3, -0.25) is 5.32 Å². The van der Waals surface area contributed by atoms with E-state index in [0.717, 1.165) is 0 Å². The van der Waals surface area contributed by atoms with Crippen molar-refractivity contribution >= 4 is 40.8 Å². The molecule has 0 aliphatic rings. The Hall–Kier alpha value is -0.950. The van der Waals surface area contributed by atoms with Crippen molar-refractivity contribution in [1.29, 1.82) is 0 Å². The van der Waals surface area contributed by atoms with Crippen molar-refractivity contribution in [2.75, 3.05) is 0 Å². The van der Waals surface area contributed by atoms with Gasteiger partial charge in [0, 0.05) is 0 Å². The number of carbonyl (C=O) groups is 1. The van der Waals surface area contributed by atoms with E-state index in [0.29, 0.717) is 0 Å². The number of nitrogens with one attached hydrogen (secondary N) is 1. The van der Waals surface area contributed by atoms with Crippen LogP contribution < -0.4 is 16.8 Å². The first-order valence-corrected chi connectivity index (χ1v) is 2.91. The lowest BCUT2D eigenvalue weighted by Gasteiger charge is -2.00. The maximum atomic E-state index is 10.4. The van der Waals surface area contributed by atoms with Crippen molar-refractivity contribution in [1.82, 2.24) is 5.32 Å². The van der Waals surface area contributed by atoms with E-state index in [2.05, 4.69) is 29.2 Å². The Morgan fingerprint density at radius 1 is 1.40 bits per heavy atom. The number of carbonyl (C=O) groups excluding carboxylic acids is 1. The van der Waals surface area contributed by atoms with Crippen molar-refractivity contribution in [3.63, 3.8) is 0 Å². The molecule has 5 nitrogen and oxygen atoms in total. The minimum atomic E-state index is -0.875. The van der Waals surface area contributed by atoms with E-state index in [9.17, 15) is 4.79 Å². The molecule has 0 atom stereocenters. The molecule has 0 aromatic heterocycles. The Bertz CT molecular complexity index is 163. The zero-order chi connectivity index (χ0) is 8.15. The van der Waals surface area contributed by atoms with E-state index in [1.54, 1.807) is 0 Å². The summed E-state index contributed by atoms with van der Waals surface area (Å²) in [6, 6.07) is 0. The van der Waals surface area contributed by atoms with Gasteiger partial charge in [-0.2, -0.15) is 0 Å². The predicted molar refractivity (Wildman–Crippen MR) is 43.2 cm³/mol. The fraction of sp³-hybridized carbons (Fsp3) is 0.